The minimum Gasteiger partial charge on any atom is -0.491 e. The maximum Gasteiger partial charge on any atom is 0.242 e. The first-order valence-electron chi connectivity index (χ1n) is 11.5. The van der Waals surface area contributed by atoms with Crippen LogP contribution in [-0.4, -0.2) is 47.9 Å². The Kier molecular flexibility index (Phi) is 7.41. The van der Waals surface area contributed by atoms with E-state index in [4.69, 9.17) is 16.3 Å². The number of halogens is 1. The molecule has 0 unspecified atom stereocenters. The van der Waals surface area contributed by atoms with E-state index in [0.717, 1.165) is 37.0 Å². The van der Waals surface area contributed by atoms with Gasteiger partial charge in [-0.2, -0.15) is 0 Å². The van der Waals surface area contributed by atoms with E-state index in [1.807, 2.05) is 17.0 Å². The van der Waals surface area contributed by atoms with Gasteiger partial charge < -0.3 is 14.5 Å². The van der Waals surface area contributed by atoms with Crippen LogP contribution in [-0.2, 0) is 16.0 Å². The first kappa shape index (κ1) is 23.1. The SMILES string of the molecule is CC[C@@H](C)CN(CC(=O)N1CCc2sccc2[C@H]1COc1ccc(Cl)cc1)C(=O)C1CC1. The number of carbonyl (C=O) groups is 2. The van der Waals surface area contributed by atoms with E-state index < -0.39 is 0 Å². The Labute approximate surface area is 199 Å². The maximum absolute atomic E-state index is 13.5. The predicted octanol–water partition coefficient (Wildman–Crippen LogP) is 5.19. The van der Waals surface area contributed by atoms with Gasteiger partial charge in [0, 0.05) is 28.9 Å². The molecule has 5 nitrogen and oxygen atoms in total. The number of carbonyl (C=O) groups excluding carboxylic acids is 2. The fourth-order valence-electron chi connectivity index (χ4n) is 4.16. The molecule has 1 aromatic carbocycles. The molecular weight excluding hydrogens is 444 g/mol. The summed E-state index contributed by atoms with van der Waals surface area (Å²) in [5, 5.41) is 2.74. The summed E-state index contributed by atoms with van der Waals surface area (Å²) in [6.45, 7) is 6.07. The van der Waals surface area contributed by atoms with Gasteiger partial charge in [0.1, 0.15) is 12.4 Å². The quantitative estimate of drug-likeness (QED) is 0.502. The van der Waals surface area contributed by atoms with Crippen LogP contribution in [0.5, 0.6) is 5.75 Å². The monoisotopic (exact) mass is 474 g/mol. The lowest BCUT2D eigenvalue weighted by molar-refractivity contribution is -0.143. The molecule has 2 aromatic rings. The molecule has 0 N–H and O–H groups in total. The van der Waals surface area contributed by atoms with Crippen LogP contribution in [0.2, 0.25) is 5.02 Å². The summed E-state index contributed by atoms with van der Waals surface area (Å²) in [6.07, 6.45) is 3.73. The molecule has 1 aromatic heterocycles. The first-order chi connectivity index (χ1) is 15.5. The highest BCUT2D eigenvalue weighted by Crippen LogP contribution is 2.35. The number of fused-ring (bicyclic) bond motifs is 1. The standard InChI is InChI=1S/C25H31ClN2O3S/c1-3-17(2)14-27(25(30)18-4-5-18)15-24(29)28-12-10-23-21(11-13-32-23)22(28)16-31-20-8-6-19(26)7-9-20/h6-9,11,13,17-18,22H,3-5,10,12,14-16H2,1-2H3/t17-,22-/m1/s1. The van der Waals surface area contributed by atoms with Crippen molar-refractivity contribution in [1.29, 1.82) is 0 Å². The van der Waals surface area contributed by atoms with Gasteiger partial charge in [-0.05, 0) is 66.5 Å². The first-order valence-corrected chi connectivity index (χ1v) is 12.7. The largest absolute Gasteiger partial charge is 0.491 e. The molecule has 32 heavy (non-hydrogen) atoms. The van der Waals surface area contributed by atoms with E-state index in [1.165, 1.54) is 4.88 Å². The highest BCUT2D eigenvalue weighted by molar-refractivity contribution is 7.10. The third kappa shape index (κ3) is 5.46. The van der Waals surface area contributed by atoms with E-state index >= 15 is 0 Å². The Hall–Kier alpha value is -2.05. The second-order valence-electron chi connectivity index (χ2n) is 8.92. The van der Waals surface area contributed by atoms with Crippen LogP contribution in [0.4, 0.5) is 0 Å². The van der Waals surface area contributed by atoms with Crippen LogP contribution in [0.3, 0.4) is 0 Å². The van der Waals surface area contributed by atoms with E-state index in [-0.39, 0.29) is 30.3 Å². The van der Waals surface area contributed by atoms with Gasteiger partial charge >= 0.3 is 0 Å². The van der Waals surface area contributed by atoms with Gasteiger partial charge in [0.25, 0.3) is 0 Å². The Morgan fingerprint density at radius 3 is 2.69 bits per heavy atom. The summed E-state index contributed by atoms with van der Waals surface area (Å²) < 4.78 is 6.06. The minimum absolute atomic E-state index is 0.00357. The van der Waals surface area contributed by atoms with Gasteiger partial charge in [0.05, 0.1) is 12.6 Å². The highest BCUT2D eigenvalue weighted by Gasteiger charge is 2.37. The van der Waals surface area contributed by atoms with Crippen LogP contribution >= 0.6 is 22.9 Å². The molecule has 1 fully saturated rings. The van der Waals surface area contributed by atoms with E-state index in [2.05, 4.69) is 25.3 Å². The minimum atomic E-state index is -0.158. The summed E-state index contributed by atoms with van der Waals surface area (Å²) in [4.78, 5) is 31.4. The van der Waals surface area contributed by atoms with Gasteiger partial charge in [-0.3, -0.25) is 9.59 Å². The third-order valence-corrected chi connectivity index (χ3v) is 7.68. The Morgan fingerprint density at radius 1 is 1.25 bits per heavy atom. The van der Waals surface area contributed by atoms with Gasteiger partial charge in [-0.15, -0.1) is 11.3 Å². The summed E-state index contributed by atoms with van der Waals surface area (Å²) in [6, 6.07) is 9.22. The molecule has 0 radical (unpaired) electrons. The van der Waals surface area contributed by atoms with Crippen molar-refractivity contribution in [2.75, 3.05) is 26.2 Å². The van der Waals surface area contributed by atoms with E-state index in [9.17, 15) is 9.59 Å². The summed E-state index contributed by atoms with van der Waals surface area (Å²) in [5.74, 6) is 1.36. The summed E-state index contributed by atoms with van der Waals surface area (Å²) >= 11 is 7.72. The number of thiophene rings is 1. The van der Waals surface area contributed by atoms with E-state index in [0.29, 0.717) is 30.6 Å². The molecule has 2 atom stereocenters. The molecule has 2 amide bonds. The predicted molar refractivity (Wildman–Crippen MR) is 128 cm³/mol. The van der Waals surface area contributed by atoms with Crippen LogP contribution in [0.15, 0.2) is 35.7 Å². The van der Waals surface area contributed by atoms with Crippen LogP contribution in [0.1, 0.15) is 49.6 Å². The number of amides is 2. The molecule has 0 bridgehead atoms. The Morgan fingerprint density at radius 2 is 2.00 bits per heavy atom. The summed E-state index contributed by atoms with van der Waals surface area (Å²) in [5.41, 5.74) is 1.16. The fraction of sp³-hybridized carbons (Fsp3) is 0.520. The second-order valence-corrected chi connectivity index (χ2v) is 10.4. The number of benzene rings is 1. The average Bonchev–Trinajstić information content (AvgIpc) is 3.53. The molecule has 1 aliphatic heterocycles. The van der Waals surface area contributed by atoms with Gasteiger partial charge in [0.15, 0.2) is 0 Å². The molecule has 4 rings (SSSR count). The number of rotatable bonds is 9. The van der Waals surface area contributed by atoms with Crippen LogP contribution in [0, 0.1) is 11.8 Å². The smallest absolute Gasteiger partial charge is 0.242 e. The van der Waals surface area contributed by atoms with E-state index in [1.54, 1.807) is 28.4 Å². The number of hydrogen-bond donors (Lipinski definition) is 0. The van der Waals surface area contributed by atoms with Crippen molar-refractivity contribution in [3.05, 3.63) is 51.2 Å². The van der Waals surface area contributed by atoms with Crippen molar-refractivity contribution in [2.24, 2.45) is 11.8 Å². The number of ether oxygens (including phenoxy) is 1. The molecule has 172 valence electrons. The van der Waals surface area contributed by atoms with Crippen LogP contribution in [0.25, 0.3) is 0 Å². The lowest BCUT2D eigenvalue weighted by atomic mass is 10.00. The summed E-state index contributed by atoms with van der Waals surface area (Å²) in [7, 11) is 0. The fourth-order valence-corrected chi connectivity index (χ4v) is 5.22. The van der Waals surface area contributed by atoms with Crippen molar-refractivity contribution in [3.63, 3.8) is 0 Å². The zero-order valence-corrected chi connectivity index (χ0v) is 20.3. The lowest BCUT2D eigenvalue weighted by Gasteiger charge is -2.37. The van der Waals surface area contributed by atoms with Gasteiger partial charge in [0.2, 0.25) is 11.8 Å². The Balaban J connectivity index is 1.49. The molecule has 7 heteroatoms. The molecule has 2 heterocycles. The zero-order chi connectivity index (χ0) is 22.7. The van der Waals surface area contributed by atoms with Crippen molar-refractivity contribution in [1.82, 2.24) is 9.80 Å². The highest BCUT2D eigenvalue weighted by atomic mass is 35.5. The number of nitrogens with zero attached hydrogens (tertiary/aromatic N) is 2. The van der Waals surface area contributed by atoms with Crippen molar-refractivity contribution in [3.8, 4) is 5.75 Å². The van der Waals surface area contributed by atoms with Gasteiger partial charge in [-0.1, -0.05) is 31.9 Å². The average molecular weight is 475 g/mol. The third-order valence-electron chi connectivity index (χ3n) is 6.43. The molecule has 0 spiro atoms. The molecular formula is C25H31ClN2O3S. The molecule has 1 saturated carbocycles. The molecule has 0 saturated heterocycles. The lowest BCUT2D eigenvalue weighted by Crippen LogP contribution is -2.48. The number of hydrogen-bond acceptors (Lipinski definition) is 4. The van der Waals surface area contributed by atoms with Crippen molar-refractivity contribution in [2.45, 2.75) is 45.6 Å². The van der Waals surface area contributed by atoms with Gasteiger partial charge in [-0.25, -0.2) is 0 Å². The molecule has 1 aliphatic carbocycles. The normalized spacial score (nSPS) is 18.7. The topological polar surface area (TPSA) is 49.9 Å². The van der Waals surface area contributed by atoms with Crippen LogP contribution < -0.4 is 4.74 Å². The Bertz CT molecular complexity index is 941. The zero-order valence-electron chi connectivity index (χ0n) is 18.8. The second kappa shape index (κ2) is 10.3. The van der Waals surface area contributed by atoms with Crippen molar-refractivity contribution >= 4 is 34.8 Å². The maximum atomic E-state index is 13.5. The van der Waals surface area contributed by atoms with Crippen molar-refractivity contribution < 1.29 is 14.3 Å². The molecule has 2 aliphatic rings.